The molecule has 3 N–H and O–H groups in total. The molecule has 0 saturated carbocycles. The Morgan fingerprint density at radius 3 is 2.59 bits per heavy atom. The summed E-state index contributed by atoms with van der Waals surface area (Å²) in [6.45, 7) is 6.56. The van der Waals surface area contributed by atoms with Crippen molar-refractivity contribution in [2.75, 3.05) is 18.0 Å². The molecule has 0 atom stereocenters. The Morgan fingerprint density at radius 2 is 2.00 bits per heavy atom. The highest BCUT2D eigenvalue weighted by Gasteiger charge is 2.20. The molecule has 1 saturated heterocycles. The van der Waals surface area contributed by atoms with Crippen LogP contribution in [-0.4, -0.2) is 18.9 Å². The minimum Gasteiger partial charge on any atom is -0.384 e. The van der Waals surface area contributed by atoms with Crippen LogP contribution in [0.1, 0.15) is 30.9 Å². The summed E-state index contributed by atoms with van der Waals surface area (Å²) in [5.41, 5.74) is 8.92. The summed E-state index contributed by atoms with van der Waals surface area (Å²) in [6, 6.07) is 6.02. The predicted octanol–water partition coefficient (Wildman–Crippen LogP) is 2.52. The lowest BCUT2D eigenvalue weighted by atomic mass is 9.96. The van der Waals surface area contributed by atoms with E-state index in [0.717, 1.165) is 30.3 Å². The van der Waals surface area contributed by atoms with E-state index in [-0.39, 0.29) is 5.84 Å². The van der Waals surface area contributed by atoms with Gasteiger partial charge in [-0.1, -0.05) is 19.1 Å². The van der Waals surface area contributed by atoms with Crippen molar-refractivity contribution < 1.29 is 0 Å². The third kappa shape index (κ3) is 2.43. The first kappa shape index (κ1) is 12.0. The van der Waals surface area contributed by atoms with Crippen molar-refractivity contribution in [3.05, 3.63) is 29.3 Å². The minimum absolute atomic E-state index is 0.169. The summed E-state index contributed by atoms with van der Waals surface area (Å²) < 4.78 is 0. The second-order valence-electron chi connectivity index (χ2n) is 5.05. The van der Waals surface area contributed by atoms with Crippen LogP contribution in [0.5, 0.6) is 0 Å². The molecule has 2 rings (SSSR count). The molecule has 3 nitrogen and oxygen atoms in total. The molecule has 92 valence electrons. The highest BCUT2D eigenvalue weighted by atomic mass is 15.1. The molecule has 0 aromatic heterocycles. The molecule has 0 unspecified atom stereocenters. The maximum atomic E-state index is 7.68. The standard InChI is InChI=1S/C14H21N3/c1-10-6-8-17(9-7-10)13-11(2)4-3-5-12(13)14(15)16/h3-5,10H,6-9H2,1-2H3,(H3,15,16). The summed E-state index contributed by atoms with van der Waals surface area (Å²) in [5, 5.41) is 7.68. The molecule has 1 aliphatic heterocycles. The Bertz CT molecular complexity index is 417. The van der Waals surface area contributed by atoms with E-state index in [2.05, 4.69) is 24.8 Å². The summed E-state index contributed by atoms with van der Waals surface area (Å²) in [6.07, 6.45) is 2.46. The van der Waals surface area contributed by atoms with E-state index >= 15 is 0 Å². The SMILES string of the molecule is Cc1cccc(C(=N)N)c1N1CCC(C)CC1. The maximum absolute atomic E-state index is 7.68. The van der Waals surface area contributed by atoms with Crippen LogP contribution in [0.15, 0.2) is 18.2 Å². The largest absolute Gasteiger partial charge is 0.384 e. The van der Waals surface area contributed by atoms with Gasteiger partial charge in [-0.2, -0.15) is 0 Å². The van der Waals surface area contributed by atoms with E-state index in [9.17, 15) is 0 Å². The molecule has 0 aliphatic carbocycles. The first-order chi connectivity index (χ1) is 8.09. The average molecular weight is 231 g/mol. The van der Waals surface area contributed by atoms with Gasteiger partial charge in [-0.3, -0.25) is 5.41 Å². The zero-order chi connectivity index (χ0) is 12.4. The normalized spacial score (nSPS) is 17.2. The number of para-hydroxylation sites is 1. The molecule has 0 amide bonds. The number of nitrogen functional groups attached to an aromatic ring is 1. The van der Waals surface area contributed by atoms with Gasteiger partial charge in [0, 0.05) is 18.7 Å². The Kier molecular flexibility index (Phi) is 3.36. The minimum atomic E-state index is 0.169. The fraction of sp³-hybridized carbons (Fsp3) is 0.500. The Hall–Kier alpha value is -1.51. The molecule has 0 radical (unpaired) electrons. The number of amidine groups is 1. The average Bonchev–Trinajstić information content (AvgIpc) is 2.30. The van der Waals surface area contributed by atoms with Crippen LogP contribution in [0.4, 0.5) is 5.69 Å². The smallest absolute Gasteiger partial charge is 0.124 e. The van der Waals surface area contributed by atoms with Crippen molar-refractivity contribution in [2.45, 2.75) is 26.7 Å². The predicted molar refractivity (Wildman–Crippen MR) is 72.8 cm³/mol. The molecular weight excluding hydrogens is 210 g/mol. The van der Waals surface area contributed by atoms with Gasteiger partial charge in [0.2, 0.25) is 0 Å². The van der Waals surface area contributed by atoms with Gasteiger partial charge in [0.15, 0.2) is 0 Å². The van der Waals surface area contributed by atoms with Crippen LogP contribution in [-0.2, 0) is 0 Å². The lowest BCUT2D eigenvalue weighted by Crippen LogP contribution is -2.35. The molecular formula is C14H21N3. The number of anilines is 1. The summed E-state index contributed by atoms with van der Waals surface area (Å²) >= 11 is 0. The third-order valence-corrected chi connectivity index (χ3v) is 3.63. The van der Waals surface area contributed by atoms with Gasteiger partial charge in [-0.15, -0.1) is 0 Å². The zero-order valence-corrected chi connectivity index (χ0v) is 10.7. The molecule has 1 aromatic rings. The second kappa shape index (κ2) is 4.78. The fourth-order valence-electron chi connectivity index (χ4n) is 2.53. The lowest BCUT2D eigenvalue weighted by Gasteiger charge is -2.34. The van der Waals surface area contributed by atoms with Gasteiger partial charge in [-0.05, 0) is 37.3 Å². The number of nitrogens with zero attached hydrogens (tertiary/aromatic N) is 1. The molecule has 3 heteroatoms. The monoisotopic (exact) mass is 231 g/mol. The Morgan fingerprint density at radius 1 is 1.35 bits per heavy atom. The summed E-state index contributed by atoms with van der Waals surface area (Å²) in [7, 11) is 0. The highest BCUT2D eigenvalue weighted by Crippen LogP contribution is 2.29. The topological polar surface area (TPSA) is 53.1 Å². The highest BCUT2D eigenvalue weighted by molar-refractivity contribution is 6.01. The Labute approximate surface area is 103 Å². The van der Waals surface area contributed by atoms with E-state index in [1.54, 1.807) is 0 Å². The number of rotatable bonds is 2. The number of nitrogens with one attached hydrogen (secondary N) is 1. The molecule has 0 bridgehead atoms. The molecule has 0 spiro atoms. The number of hydrogen-bond acceptors (Lipinski definition) is 2. The lowest BCUT2D eigenvalue weighted by molar-refractivity contribution is 0.438. The molecule has 1 heterocycles. The number of piperidine rings is 1. The molecule has 1 fully saturated rings. The first-order valence-electron chi connectivity index (χ1n) is 6.28. The van der Waals surface area contributed by atoms with Gasteiger partial charge in [0.25, 0.3) is 0 Å². The van der Waals surface area contributed by atoms with E-state index in [1.807, 2.05) is 12.1 Å². The van der Waals surface area contributed by atoms with Crippen LogP contribution < -0.4 is 10.6 Å². The summed E-state index contributed by atoms with van der Waals surface area (Å²) in [5.74, 6) is 0.985. The van der Waals surface area contributed by atoms with Crippen molar-refractivity contribution in [3.63, 3.8) is 0 Å². The number of benzene rings is 1. The van der Waals surface area contributed by atoms with E-state index in [1.165, 1.54) is 18.4 Å². The van der Waals surface area contributed by atoms with Crippen LogP contribution in [0.25, 0.3) is 0 Å². The van der Waals surface area contributed by atoms with Crippen molar-refractivity contribution in [3.8, 4) is 0 Å². The summed E-state index contributed by atoms with van der Waals surface area (Å²) in [4.78, 5) is 2.38. The number of aryl methyl sites for hydroxylation is 1. The zero-order valence-electron chi connectivity index (χ0n) is 10.7. The van der Waals surface area contributed by atoms with Gasteiger partial charge < -0.3 is 10.6 Å². The number of nitrogens with two attached hydrogens (primary N) is 1. The van der Waals surface area contributed by atoms with E-state index in [0.29, 0.717) is 0 Å². The maximum Gasteiger partial charge on any atom is 0.124 e. The van der Waals surface area contributed by atoms with Crippen LogP contribution in [0, 0.1) is 18.3 Å². The fourth-order valence-corrected chi connectivity index (χ4v) is 2.53. The van der Waals surface area contributed by atoms with E-state index < -0.39 is 0 Å². The van der Waals surface area contributed by atoms with Gasteiger partial charge in [0.05, 0.1) is 5.69 Å². The molecule has 1 aliphatic rings. The second-order valence-corrected chi connectivity index (χ2v) is 5.05. The van der Waals surface area contributed by atoms with Crippen LogP contribution in [0.2, 0.25) is 0 Å². The number of hydrogen-bond donors (Lipinski definition) is 2. The van der Waals surface area contributed by atoms with Gasteiger partial charge >= 0.3 is 0 Å². The van der Waals surface area contributed by atoms with E-state index in [4.69, 9.17) is 11.1 Å². The molecule has 17 heavy (non-hydrogen) atoms. The van der Waals surface area contributed by atoms with Crippen LogP contribution >= 0.6 is 0 Å². The van der Waals surface area contributed by atoms with Crippen molar-refractivity contribution in [2.24, 2.45) is 11.7 Å². The van der Waals surface area contributed by atoms with Gasteiger partial charge in [0.1, 0.15) is 5.84 Å². The van der Waals surface area contributed by atoms with Crippen LogP contribution in [0.3, 0.4) is 0 Å². The first-order valence-corrected chi connectivity index (χ1v) is 6.28. The van der Waals surface area contributed by atoms with Crippen molar-refractivity contribution in [1.29, 1.82) is 5.41 Å². The van der Waals surface area contributed by atoms with Gasteiger partial charge in [-0.25, -0.2) is 0 Å². The quantitative estimate of drug-likeness (QED) is 0.607. The van der Waals surface area contributed by atoms with Crippen molar-refractivity contribution >= 4 is 11.5 Å². The Balaban J connectivity index is 2.33. The van der Waals surface area contributed by atoms with Crippen molar-refractivity contribution in [1.82, 2.24) is 0 Å². The third-order valence-electron chi connectivity index (χ3n) is 3.63. The molecule has 1 aromatic carbocycles.